The Labute approximate surface area is 113 Å². The van der Waals surface area contributed by atoms with Gasteiger partial charge in [0.25, 0.3) is 0 Å². The third-order valence-corrected chi connectivity index (χ3v) is 0. The summed E-state index contributed by atoms with van der Waals surface area (Å²) in [5, 5.41) is 0. The molecule has 0 aliphatic carbocycles. The Kier molecular flexibility index (Phi) is 1170. The van der Waals surface area contributed by atoms with Gasteiger partial charge in [0.05, 0.1) is 0 Å². The van der Waals surface area contributed by atoms with Gasteiger partial charge in [-0.05, 0) is 0 Å². The maximum Gasteiger partial charge on any atom is 0 e. The van der Waals surface area contributed by atoms with Crippen molar-refractivity contribution < 1.29 is 71.7 Å². The van der Waals surface area contributed by atoms with Gasteiger partial charge in [0.1, 0.15) is 0 Å². The number of hydrogen-bond donors (Lipinski definition) is 0. The maximum atomic E-state index is 3.25. The van der Waals surface area contributed by atoms with Crippen LogP contribution < -0.4 is 0 Å². The average molecular weight is 310 g/mol. The minimum atomic E-state index is 0. The SMILES string of the molecule is C.C.[CH2-]C.[CH2-]C.[Y].[Zn].[Zn]. The Morgan fingerprint density at radius 1 is 0.667 bits per heavy atom. The van der Waals surface area contributed by atoms with Crippen molar-refractivity contribution in [3.8, 4) is 0 Å². The molecule has 0 aromatic rings. The first-order chi connectivity index (χ1) is 2.00. The topological polar surface area (TPSA) is 0 Å². The molecular weight excluding hydrogens is 292 g/mol. The predicted molar refractivity (Wildman–Crippen MR) is 35.5 cm³/mol. The molecule has 0 saturated heterocycles. The second-order valence-electron chi connectivity index (χ2n) is 0. The Bertz CT molecular complexity index is 11.0. The summed E-state index contributed by atoms with van der Waals surface area (Å²) in [4.78, 5) is 0. The van der Waals surface area contributed by atoms with E-state index < -0.39 is 0 Å². The molecule has 0 bridgehead atoms. The van der Waals surface area contributed by atoms with Gasteiger partial charge >= 0.3 is 0 Å². The molecule has 0 aromatic heterocycles. The smallest absolute Gasteiger partial charge is 0 e. The van der Waals surface area contributed by atoms with Crippen LogP contribution in [0.15, 0.2) is 0 Å². The molecule has 0 spiro atoms. The quantitative estimate of drug-likeness (QED) is 0.477. The van der Waals surface area contributed by atoms with Crippen molar-refractivity contribution >= 4 is 0 Å². The summed E-state index contributed by atoms with van der Waals surface area (Å²) in [5.41, 5.74) is 0. The van der Waals surface area contributed by atoms with Crippen molar-refractivity contribution in [1.29, 1.82) is 0 Å². The molecule has 3 heteroatoms. The summed E-state index contributed by atoms with van der Waals surface area (Å²) in [6.45, 7) is 10.0. The molecule has 0 saturated carbocycles. The fourth-order valence-electron chi connectivity index (χ4n) is 0. The van der Waals surface area contributed by atoms with E-state index in [-0.39, 0.29) is 86.5 Å². The van der Waals surface area contributed by atoms with Gasteiger partial charge in [-0.15, -0.1) is 0 Å². The normalized spacial score (nSPS) is 1.33. The van der Waals surface area contributed by atoms with Gasteiger partial charge in [-0.2, -0.15) is 13.8 Å². The second kappa shape index (κ2) is 164. The summed E-state index contributed by atoms with van der Waals surface area (Å²) in [7, 11) is 0. The Hall–Kier alpha value is 2.35. The fraction of sp³-hybridized carbons (Fsp3) is 0.667. The van der Waals surface area contributed by atoms with Gasteiger partial charge in [0.2, 0.25) is 0 Å². The first-order valence-corrected chi connectivity index (χ1v) is 1.41. The standard InChI is InChI=1S/2C2H5.2CH4.Y.2Zn/c2*1-2;;;;;/h2*1H2,2H3;2*1H4;;;/q2*-1;;;;;. The van der Waals surface area contributed by atoms with Crippen molar-refractivity contribution in [2.75, 3.05) is 0 Å². The van der Waals surface area contributed by atoms with Crippen molar-refractivity contribution in [2.24, 2.45) is 0 Å². The minimum absolute atomic E-state index is 0. The fourth-order valence-corrected chi connectivity index (χ4v) is 0. The van der Waals surface area contributed by atoms with Gasteiger partial charge in [0, 0.05) is 71.7 Å². The maximum absolute atomic E-state index is 3.25. The van der Waals surface area contributed by atoms with Crippen LogP contribution in [0.3, 0.4) is 0 Å². The van der Waals surface area contributed by atoms with E-state index in [1.54, 1.807) is 13.8 Å². The Morgan fingerprint density at radius 3 is 0.667 bits per heavy atom. The second-order valence-corrected chi connectivity index (χ2v) is 0. The van der Waals surface area contributed by atoms with Crippen LogP contribution in [0.25, 0.3) is 0 Å². The third-order valence-electron chi connectivity index (χ3n) is 0. The van der Waals surface area contributed by atoms with E-state index in [9.17, 15) is 0 Å². The third kappa shape index (κ3) is 131. The number of hydrogen-bond acceptors (Lipinski definition) is 0. The van der Waals surface area contributed by atoms with Crippen molar-refractivity contribution in [1.82, 2.24) is 0 Å². The van der Waals surface area contributed by atoms with Crippen LogP contribution in [0.1, 0.15) is 28.7 Å². The monoisotopic (exact) mass is 307 g/mol. The molecule has 0 unspecified atom stereocenters. The van der Waals surface area contributed by atoms with E-state index >= 15 is 0 Å². The van der Waals surface area contributed by atoms with E-state index in [2.05, 4.69) is 13.8 Å². The molecule has 0 N–H and O–H groups in total. The Morgan fingerprint density at radius 2 is 0.667 bits per heavy atom. The summed E-state index contributed by atoms with van der Waals surface area (Å²) in [6.07, 6.45) is 0. The van der Waals surface area contributed by atoms with Crippen LogP contribution >= 0.6 is 0 Å². The van der Waals surface area contributed by atoms with Crippen molar-refractivity contribution in [3.63, 3.8) is 0 Å². The molecule has 0 atom stereocenters. The molecular formula is C6H18YZn2-2. The van der Waals surface area contributed by atoms with Crippen LogP contribution in [0, 0.1) is 13.8 Å². The first-order valence-electron chi connectivity index (χ1n) is 1.41. The summed E-state index contributed by atoms with van der Waals surface area (Å²) in [5.74, 6) is 0. The molecule has 0 aliphatic rings. The van der Waals surface area contributed by atoms with Gasteiger partial charge in [-0.3, -0.25) is 0 Å². The zero-order valence-corrected chi connectivity index (χ0v) is 14.2. The molecule has 0 heterocycles. The minimum Gasteiger partial charge on any atom is -0.346 e. The van der Waals surface area contributed by atoms with Gasteiger partial charge in [-0.25, -0.2) is 0 Å². The van der Waals surface area contributed by atoms with E-state index in [0.717, 1.165) is 0 Å². The first kappa shape index (κ1) is 64.2. The molecule has 0 amide bonds. The van der Waals surface area contributed by atoms with E-state index in [1.165, 1.54) is 0 Å². The van der Waals surface area contributed by atoms with E-state index in [4.69, 9.17) is 0 Å². The molecule has 51 valence electrons. The zero-order valence-electron chi connectivity index (χ0n) is 5.41. The average Bonchev–Trinajstić information content (AvgIpc) is 1.50. The molecule has 0 aromatic carbocycles. The largest absolute Gasteiger partial charge is 0.346 e. The molecule has 0 fully saturated rings. The van der Waals surface area contributed by atoms with Gasteiger partial charge in [-0.1, -0.05) is 14.9 Å². The van der Waals surface area contributed by atoms with E-state index in [1.807, 2.05) is 0 Å². The van der Waals surface area contributed by atoms with Crippen LogP contribution in [0.5, 0.6) is 0 Å². The molecule has 0 aliphatic heterocycles. The number of rotatable bonds is 0. The molecule has 0 rings (SSSR count). The summed E-state index contributed by atoms with van der Waals surface area (Å²) < 4.78 is 0. The van der Waals surface area contributed by atoms with Crippen LogP contribution in [-0.4, -0.2) is 0 Å². The van der Waals surface area contributed by atoms with Gasteiger partial charge < -0.3 is 13.8 Å². The van der Waals surface area contributed by atoms with E-state index in [0.29, 0.717) is 0 Å². The van der Waals surface area contributed by atoms with Crippen LogP contribution in [0.4, 0.5) is 0 Å². The van der Waals surface area contributed by atoms with Crippen LogP contribution in [0.2, 0.25) is 0 Å². The summed E-state index contributed by atoms with van der Waals surface area (Å²) >= 11 is 0. The predicted octanol–water partition coefficient (Wildman–Crippen LogP) is 2.95. The van der Waals surface area contributed by atoms with Crippen LogP contribution in [-0.2, 0) is 71.7 Å². The zero-order chi connectivity index (χ0) is 4.00. The van der Waals surface area contributed by atoms with Crippen molar-refractivity contribution in [3.05, 3.63) is 13.8 Å². The van der Waals surface area contributed by atoms with Gasteiger partial charge in [0.15, 0.2) is 0 Å². The van der Waals surface area contributed by atoms with Crippen molar-refractivity contribution in [2.45, 2.75) is 28.7 Å². The Balaban J connectivity index is -0.00000000114. The summed E-state index contributed by atoms with van der Waals surface area (Å²) in [6, 6.07) is 0. The molecule has 9 heavy (non-hydrogen) atoms. The molecule has 0 nitrogen and oxygen atoms in total. The molecule has 1 radical (unpaired) electrons.